The van der Waals surface area contributed by atoms with Gasteiger partial charge in [-0.15, -0.1) is 0 Å². The fraction of sp³-hybridized carbons (Fsp3) is 0.333. The third-order valence-electron chi connectivity index (χ3n) is 5.03. The summed E-state index contributed by atoms with van der Waals surface area (Å²) < 4.78 is 1.98. The van der Waals surface area contributed by atoms with Crippen LogP contribution in [0.15, 0.2) is 42.7 Å². The molecule has 3 aromatic rings. The third-order valence-corrected chi connectivity index (χ3v) is 5.03. The van der Waals surface area contributed by atoms with Gasteiger partial charge in [0, 0.05) is 38.2 Å². The maximum absolute atomic E-state index is 12.1. The Hall–Kier alpha value is -3.02. The largest absolute Gasteiger partial charge is 0.374 e. The molecule has 1 aliphatic heterocycles. The Morgan fingerprint density at radius 3 is 2.89 bits per heavy atom. The van der Waals surface area contributed by atoms with E-state index in [1.165, 1.54) is 23.2 Å². The number of hydrogen-bond acceptors (Lipinski definition) is 3. The van der Waals surface area contributed by atoms with Crippen molar-refractivity contribution in [2.24, 2.45) is 0 Å². The standard InChI is InChI=1S/C21H25N5O/c1-15-5-8-20-24-18(14-26(20)13-15)12-23-21(27)22-11-16-6-7-19-17(10-16)4-3-9-25(19)2/h5-8,10,13-14H,3-4,9,11-12H2,1-2H3,(H2,22,23,27). The number of nitrogens with one attached hydrogen (secondary N) is 2. The highest BCUT2D eigenvalue weighted by atomic mass is 16.2. The molecular formula is C21H25N5O. The van der Waals surface area contributed by atoms with E-state index in [-0.39, 0.29) is 6.03 Å². The molecule has 140 valence electrons. The predicted molar refractivity (Wildman–Crippen MR) is 107 cm³/mol. The molecule has 0 radical (unpaired) electrons. The molecule has 0 unspecified atom stereocenters. The van der Waals surface area contributed by atoms with Crippen molar-refractivity contribution >= 4 is 17.4 Å². The Bertz CT molecular complexity index is 978. The number of pyridine rings is 1. The van der Waals surface area contributed by atoms with Crippen molar-refractivity contribution in [1.82, 2.24) is 20.0 Å². The topological polar surface area (TPSA) is 61.7 Å². The highest BCUT2D eigenvalue weighted by Gasteiger charge is 2.13. The van der Waals surface area contributed by atoms with Crippen LogP contribution in [0.5, 0.6) is 0 Å². The summed E-state index contributed by atoms with van der Waals surface area (Å²) in [5.41, 5.74) is 6.69. The summed E-state index contributed by atoms with van der Waals surface area (Å²) in [6.07, 6.45) is 6.26. The van der Waals surface area contributed by atoms with Crippen molar-refractivity contribution in [3.05, 3.63) is 65.1 Å². The van der Waals surface area contributed by atoms with Gasteiger partial charge in [0.05, 0.1) is 12.2 Å². The zero-order valence-electron chi connectivity index (χ0n) is 15.8. The van der Waals surface area contributed by atoms with E-state index in [2.05, 4.69) is 45.8 Å². The first-order valence-electron chi connectivity index (χ1n) is 9.37. The van der Waals surface area contributed by atoms with Crippen molar-refractivity contribution in [1.29, 1.82) is 0 Å². The summed E-state index contributed by atoms with van der Waals surface area (Å²) in [6, 6.07) is 10.3. The van der Waals surface area contributed by atoms with E-state index in [1.807, 2.05) is 35.9 Å². The van der Waals surface area contributed by atoms with Crippen LogP contribution in [0.3, 0.4) is 0 Å². The lowest BCUT2D eigenvalue weighted by molar-refractivity contribution is 0.240. The first kappa shape index (κ1) is 17.4. The molecule has 0 aliphatic carbocycles. The van der Waals surface area contributed by atoms with Gasteiger partial charge >= 0.3 is 6.03 Å². The number of aromatic nitrogens is 2. The predicted octanol–water partition coefficient (Wildman–Crippen LogP) is 3.02. The summed E-state index contributed by atoms with van der Waals surface area (Å²) in [7, 11) is 2.13. The SMILES string of the molecule is Cc1ccc2nc(CNC(=O)NCc3ccc4c(c3)CCCN4C)cn2c1. The summed E-state index contributed by atoms with van der Waals surface area (Å²) in [4.78, 5) is 18.9. The first-order valence-corrected chi connectivity index (χ1v) is 9.37. The van der Waals surface area contributed by atoms with Crippen molar-refractivity contribution < 1.29 is 4.79 Å². The Morgan fingerprint density at radius 2 is 2.00 bits per heavy atom. The number of aryl methyl sites for hydroxylation is 2. The molecule has 0 spiro atoms. The lowest BCUT2D eigenvalue weighted by Crippen LogP contribution is -2.34. The van der Waals surface area contributed by atoms with Gasteiger partial charge in [0.25, 0.3) is 0 Å². The molecule has 27 heavy (non-hydrogen) atoms. The monoisotopic (exact) mass is 363 g/mol. The number of amides is 2. The van der Waals surface area contributed by atoms with Gasteiger partial charge < -0.3 is 19.9 Å². The number of urea groups is 1. The van der Waals surface area contributed by atoms with E-state index >= 15 is 0 Å². The summed E-state index contributed by atoms with van der Waals surface area (Å²) in [5, 5.41) is 5.81. The lowest BCUT2D eigenvalue weighted by atomic mass is 9.99. The normalized spacial score (nSPS) is 13.5. The summed E-state index contributed by atoms with van der Waals surface area (Å²) in [5.74, 6) is 0. The first-order chi connectivity index (χ1) is 13.1. The smallest absolute Gasteiger partial charge is 0.315 e. The molecule has 0 saturated carbocycles. The average Bonchev–Trinajstić information content (AvgIpc) is 3.07. The molecule has 3 heterocycles. The van der Waals surface area contributed by atoms with Crippen molar-refractivity contribution in [2.45, 2.75) is 32.9 Å². The molecule has 2 aromatic heterocycles. The van der Waals surface area contributed by atoms with E-state index in [0.29, 0.717) is 13.1 Å². The van der Waals surface area contributed by atoms with E-state index in [1.54, 1.807) is 0 Å². The van der Waals surface area contributed by atoms with Crippen LogP contribution in [0.25, 0.3) is 5.65 Å². The van der Waals surface area contributed by atoms with E-state index in [9.17, 15) is 4.79 Å². The number of fused-ring (bicyclic) bond motifs is 2. The Morgan fingerprint density at radius 1 is 1.15 bits per heavy atom. The van der Waals surface area contributed by atoms with Crippen LogP contribution in [-0.4, -0.2) is 29.0 Å². The highest BCUT2D eigenvalue weighted by molar-refractivity contribution is 5.73. The Kier molecular flexibility index (Phi) is 4.71. The van der Waals surface area contributed by atoms with E-state index in [4.69, 9.17) is 0 Å². The number of nitrogens with zero attached hydrogens (tertiary/aromatic N) is 3. The fourth-order valence-electron chi connectivity index (χ4n) is 3.60. The van der Waals surface area contributed by atoms with Gasteiger partial charge in [-0.2, -0.15) is 0 Å². The molecule has 0 bridgehead atoms. The number of carbonyl (C=O) groups is 1. The molecule has 0 saturated heterocycles. The molecule has 2 amide bonds. The lowest BCUT2D eigenvalue weighted by Gasteiger charge is -2.27. The van der Waals surface area contributed by atoms with Gasteiger partial charge in [-0.25, -0.2) is 9.78 Å². The van der Waals surface area contributed by atoms with Gasteiger partial charge in [0.15, 0.2) is 0 Å². The van der Waals surface area contributed by atoms with Gasteiger partial charge in [0.1, 0.15) is 5.65 Å². The van der Waals surface area contributed by atoms with Gasteiger partial charge in [-0.3, -0.25) is 0 Å². The molecule has 6 nitrogen and oxygen atoms in total. The van der Waals surface area contributed by atoms with Crippen molar-refractivity contribution in [2.75, 3.05) is 18.5 Å². The van der Waals surface area contributed by atoms with Gasteiger partial charge in [0.2, 0.25) is 0 Å². The van der Waals surface area contributed by atoms with E-state index in [0.717, 1.165) is 29.9 Å². The second-order valence-electron chi connectivity index (χ2n) is 7.23. The van der Waals surface area contributed by atoms with Crippen LogP contribution in [-0.2, 0) is 19.5 Å². The third kappa shape index (κ3) is 3.89. The van der Waals surface area contributed by atoms with Gasteiger partial charge in [-0.1, -0.05) is 18.2 Å². The number of carbonyl (C=O) groups excluding carboxylic acids is 1. The van der Waals surface area contributed by atoms with Crippen molar-refractivity contribution in [3.8, 4) is 0 Å². The maximum atomic E-state index is 12.1. The zero-order chi connectivity index (χ0) is 18.8. The van der Waals surface area contributed by atoms with E-state index < -0.39 is 0 Å². The fourth-order valence-corrected chi connectivity index (χ4v) is 3.60. The number of benzene rings is 1. The van der Waals surface area contributed by atoms with Crippen LogP contribution in [0.4, 0.5) is 10.5 Å². The summed E-state index contributed by atoms with van der Waals surface area (Å²) in [6.45, 7) is 4.08. The van der Waals surface area contributed by atoms with Crippen LogP contribution >= 0.6 is 0 Å². The molecule has 2 N–H and O–H groups in total. The molecule has 4 rings (SSSR count). The van der Waals surface area contributed by atoms with Crippen LogP contribution in [0.1, 0.15) is 28.8 Å². The van der Waals surface area contributed by atoms with Gasteiger partial charge in [-0.05, 0) is 48.6 Å². The summed E-state index contributed by atoms with van der Waals surface area (Å²) >= 11 is 0. The van der Waals surface area contributed by atoms with Crippen LogP contribution in [0, 0.1) is 6.92 Å². The van der Waals surface area contributed by atoms with Crippen LogP contribution in [0.2, 0.25) is 0 Å². The highest BCUT2D eigenvalue weighted by Crippen LogP contribution is 2.26. The molecule has 0 fully saturated rings. The second kappa shape index (κ2) is 7.31. The Labute approximate surface area is 159 Å². The quantitative estimate of drug-likeness (QED) is 0.749. The average molecular weight is 363 g/mol. The number of anilines is 1. The second-order valence-corrected chi connectivity index (χ2v) is 7.23. The molecular weight excluding hydrogens is 338 g/mol. The molecule has 0 atom stereocenters. The Balaban J connectivity index is 1.31. The molecule has 6 heteroatoms. The minimum Gasteiger partial charge on any atom is -0.374 e. The molecule has 1 aliphatic rings. The number of rotatable bonds is 4. The van der Waals surface area contributed by atoms with Crippen LogP contribution < -0.4 is 15.5 Å². The minimum atomic E-state index is -0.182. The minimum absolute atomic E-state index is 0.182. The zero-order valence-corrected chi connectivity index (χ0v) is 15.8. The number of imidazole rings is 1. The maximum Gasteiger partial charge on any atom is 0.315 e. The van der Waals surface area contributed by atoms with Crippen molar-refractivity contribution in [3.63, 3.8) is 0 Å². The molecule has 1 aromatic carbocycles. The number of hydrogen-bond donors (Lipinski definition) is 2.